The van der Waals surface area contributed by atoms with Gasteiger partial charge in [0.2, 0.25) is 5.91 Å². The number of rotatable bonds is 8. The van der Waals surface area contributed by atoms with Crippen molar-refractivity contribution in [1.82, 2.24) is 10.6 Å². The molecular weight excluding hydrogens is 402 g/mol. The van der Waals surface area contributed by atoms with Gasteiger partial charge in [-0.2, -0.15) is 0 Å². The SMILES string of the molecule is CC(=O)NC(Cc1cc(F)cc(F)c1)C(O)CNC1CCOc2ccc(C(C)C)cc21. The number of amides is 1. The van der Waals surface area contributed by atoms with Crippen LogP contribution in [0.25, 0.3) is 0 Å². The highest BCUT2D eigenvalue weighted by Crippen LogP contribution is 2.34. The molecule has 7 heteroatoms. The Morgan fingerprint density at radius 2 is 1.90 bits per heavy atom. The normalized spacial score (nSPS) is 17.6. The van der Waals surface area contributed by atoms with E-state index in [0.717, 1.165) is 23.8 Å². The molecule has 3 unspecified atom stereocenters. The van der Waals surface area contributed by atoms with Crippen LogP contribution in [0.15, 0.2) is 36.4 Å². The van der Waals surface area contributed by atoms with Crippen LogP contribution in [0.1, 0.15) is 55.8 Å². The third kappa shape index (κ3) is 6.24. The highest BCUT2D eigenvalue weighted by atomic mass is 19.1. The van der Waals surface area contributed by atoms with Gasteiger partial charge in [-0.3, -0.25) is 4.79 Å². The van der Waals surface area contributed by atoms with Crippen LogP contribution in [0, 0.1) is 11.6 Å². The molecule has 3 rings (SSSR count). The highest BCUT2D eigenvalue weighted by molar-refractivity contribution is 5.73. The number of fused-ring (bicyclic) bond motifs is 1. The zero-order chi connectivity index (χ0) is 22.5. The molecule has 2 aromatic carbocycles. The van der Waals surface area contributed by atoms with E-state index in [-0.39, 0.29) is 24.9 Å². The number of carbonyl (C=O) groups is 1. The molecule has 0 saturated heterocycles. The molecule has 1 aliphatic heterocycles. The number of ether oxygens (including phenoxy) is 1. The quantitative estimate of drug-likeness (QED) is 0.596. The summed E-state index contributed by atoms with van der Waals surface area (Å²) in [6.07, 6.45) is -0.0880. The Balaban J connectivity index is 1.70. The van der Waals surface area contributed by atoms with Crippen LogP contribution in [0.3, 0.4) is 0 Å². The minimum atomic E-state index is -0.949. The molecule has 0 aromatic heterocycles. The predicted molar refractivity (Wildman–Crippen MR) is 115 cm³/mol. The summed E-state index contributed by atoms with van der Waals surface area (Å²) in [7, 11) is 0. The topological polar surface area (TPSA) is 70.6 Å². The van der Waals surface area contributed by atoms with Gasteiger partial charge in [-0.25, -0.2) is 8.78 Å². The maximum absolute atomic E-state index is 13.5. The van der Waals surface area contributed by atoms with Crippen molar-refractivity contribution in [2.75, 3.05) is 13.2 Å². The first-order valence-electron chi connectivity index (χ1n) is 10.6. The van der Waals surface area contributed by atoms with Crippen molar-refractivity contribution in [3.63, 3.8) is 0 Å². The lowest BCUT2D eigenvalue weighted by atomic mass is 9.93. The van der Waals surface area contributed by atoms with Gasteiger partial charge in [-0.15, -0.1) is 0 Å². The minimum Gasteiger partial charge on any atom is -0.493 e. The van der Waals surface area contributed by atoms with Crippen molar-refractivity contribution >= 4 is 5.91 Å². The third-order valence-electron chi connectivity index (χ3n) is 5.54. The summed E-state index contributed by atoms with van der Waals surface area (Å²) in [5, 5.41) is 16.9. The number of benzene rings is 2. The first-order valence-corrected chi connectivity index (χ1v) is 10.6. The Hall–Kier alpha value is -2.51. The van der Waals surface area contributed by atoms with Crippen molar-refractivity contribution in [3.05, 3.63) is 64.7 Å². The van der Waals surface area contributed by atoms with E-state index in [1.54, 1.807) is 0 Å². The summed E-state index contributed by atoms with van der Waals surface area (Å²) in [6, 6.07) is 8.70. The van der Waals surface area contributed by atoms with Crippen molar-refractivity contribution < 1.29 is 23.4 Å². The molecule has 1 aliphatic rings. The van der Waals surface area contributed by atoms with E-state index in [0.29, 0.717) is 18.1 Å². The summed E-state index contributed by atoms with van der Waals surface area (Å²) >= 11 is 0. The Labute approximate surface area is 181 Å². The number of aliphatic hydroxyl groups excluding tert-OH is 1. The lowest BCUT2D eigenvalue weighted by Crippen LogP contribution is -2.48. The molecule has 0 bridgehead atoms. The summed E-state index contributed by atoms with van der Waals surface area (Å²) in [4.78, 5) is 11.6. The van der Waals surface area contributed by atoms with Crippen LogP contribution in [-0.4, -0.2) is 36.3 Å². The first-order chi connectivity index (χ1) is 14.7. The summed E-state index contributed by atoms with van der Waals surface area (Å²) < 4.78 is 32.9. The van der Waals surface area contributed by atoms with E-state index in [4.69, 9.17) is 4.74 Å². The molecule has 1 amide bonds. The van der Waals surface area contributed by atoms with Gasteiger partial charge in [-0.1, -0.05) is 26.0 Å². The maximum Gasteiger partial charge on any atom is 0.217 e. The molecule has 0 fully saturated rings. The lowest BCUT2D eigenvalue weighted by molar-refractivity contribution is -0.120. The molecule has 5 nitrogen and oxygen atoms in total. The van der Waals surface area contributed by atoms with Crippen molar-refractivity contribution in [2.45, 2.75) is 57.7 Å². The number of hydrogen-bond donors (Lipinski definition) is 3. The molecule has 3 atom stereocenters. The minimum absolute atomic E-state index is 0.00157. The molecule has 0 radical (unpaired) electrons. The highest BCUT2D eigenvalue weighted by Gasteiger charge is 2.26. The molecule has 3 N–H and O–H groups in total. The number of hydrogen-bond acceptors (Lipinski definition) is 4. The third-order valence-corrected chi connectivity index (χ3v) is 5.54. The van der Waals surface area contributed by atoms with Gasteiger partial charge in [0.1, 0.15) is 17.4 Å². The second-order valence-corrected chi connectivity index (χ2v) is 8.41. The average Bonchev–Trinajstić information content (AvgIpc) is 2.70. The Morgan fingerprint density at radius 3 is 2.55 bits per heavy atom. The summed E-state index contributed by atoms with van der Waals surface area (Å²) in [5.74, 6) is -0.489. The molecule has 31 heavy (non-hydrogen) atoms. The van der Waals surface area contributed by atoms with Crippen LogP contribution in [0.5, 0.6) is 5.75 Å². The fourth-order valence-corrected chi connectivity index (χ4v) is 3.92. The standard InChI is InChI=1S/C24H30F2N2O3/c1-14(2)17-4-5-24-20(11-17)21(6-7-31-24)27-13-23(30)22(28-15(3)29)10-16-8-18(25)12-19(26)9-16/h4-5,8-9,11-12,14,21-23,27,30H,6-7,10,13H2,1-3H3,(H,28,29). The summed E-state index contributed by atoms with van der Waals surface area (Å²) in [5.41, 5.74) is 2.63. The number of aliphatic hydroxyl groups is 1. The largest absolute Gasteiger partial charge is 0.493 e. The van der Waals surface area contributed by atoms with E-state index < -0.39 is 23.8 Å². The monoisotopic (exact) mass is 432 g/mol. The van der Waals surface area contributed by atoms with E-state index >= 15 is 0 Å². The van der Waals surface area contributed by atoms with Crippen molar-refractivity contribution in [1.29, 1.82) is 0 Å². The van der Waals surface area contributed by atoms with E-state index in [9.17, 15) is 18.7 Å². The molecular formula is C24H30F2N2O3. The average molecular weight is 433 g/mol. The van der Waals surface area contributed by atoms with Crippen LogP contribution < -0.4 is 15.4 Å². The van der Waals surface area contributed by atoms with Gasteiger partial charge in [0.05, 0.1) is 18.8 Å². The zero-order valence-corrected chi connectivity index (χ0v) is 18.1. The maximum atomic E-state index is 13.5. The van der Waals surface area contributed by atoms with Gasteiger partial charge in [0, 0.05) is 37.6 Å². The number of nitrogens with one attached hydrogen (secondary N) is 2. The fourth-order valence-electron chi connectivity index (χ4n) is 3.92. The van der Waals surface area contributed by atoms with Crippen molar-refractivity contribution in [3.8, 4) is 5.75 Å². The van der Waals surface area contributed by atoms with Gasteiger partial charge in [-0.05, 0) is 41.7 Å². The van der Waals surface area contributed by atoms with Crippen LogP contribution in [0.4, 0.5) is 8.78 Å². The van der Waals surface area contributed by atoms with Crippen molar-refractivity contribution in [2.24, 2.45) is 0 Å². The molecule has 0 saturated carbocycles. The van der Waals surface area contributed by atoms with E-state index in [1.807, 2.05) is 6.07 Å². The van der Waals surface area contributed by atoms with Gasteiger partial charge in [0.25, 0.3) is 0 Å². The summed E-state index contributed by atoms with van der Waals surface area (Å²) in [6.45, 7) is 6.38. The molecule has 0 aliphatic carbocycles. The zero-order valence-electron chi connectivity index (χ0n) is 18.1. The second-order valence-electron chi connectivity index (χ2n) is 8.41. The van der Waals surface area contributed by atoms with Gasteiger partial charge in [0.15, 0.2) is 0 Å². The van der Waals surface area contributed by atoms with E-state index in [2.05, 4.69) is 36.6 Å². The Kier molecular flexibility index (Phi) is 7.62. The molecule has 2 aromatic rings. The van der Waals surface area contributed by atoms with Gasteiger partial charge < -0.3 is 20.5 Å². The van der Waals surface area contributed by atoms with Crippen LogP contribution in [-0.2, 0) is 11.2 Å². The second kappa shape index (κ2) is 10.2. The molecule has 0 spiro atoms. The Bertz CT molecular complexity index is 899. The van der Waals surface area contributed by atoms with Crippen LogP contribution >= 0.6 is 0 Å². The smallest absolute Gasteiger partial charge is 0.217 e. The first kappa shape index (κ1) is 23.2. The lowest BCUT2D eigenvalue weighted by Gasteiger charge is -2.30. The Morgan fingerprint density at radius 1 is 1.19 bits per heavy atom. The fraction of sp³-hybridized carbons (Fsp3) is 0.458. The number of halogens is 2. The molecule has 1 heterocycles. The van der Waals surface area contributed by atoms with Gasteiger partial charge >= 0.3 is 0 Å². The van der Waals surface area contributed by atoms with E-state index in [1.165, 1.54) is 24.6 Å². The van der Waals surface area contributed by atoms with Crippen LogP contribution in [0.2, 0.25) is 0 Å². The number of carbonyl (C=O) groups excluding carboxylic acids is 1. The molecule has 168 valence electrons. The predicted octanol–water partition coefficient (Wildman–Crippen LogP) is 3.61.